The molecule has 1 aliphatic rings. The van der Waals surface area contributed by atoms with Crippen molar-refractivity contribution in [1.29, 1.82) is 5.41 Å². The lowest BCUT2D eigenvalue weighted by atomic mass is 9.84. The number of phenolic OH excluding ortho intramolecular Hbond substituents is 1. The highest BCUT2D eigenvalue weighted by atomic mass is 19.4. The zero-order chi connectivity index (χ0) is 29.5. The number of hydrogen-bond donors (Lipinski definition) is 4. The summed E-state index contributed by atoms with van der Waals surface area (Å²) < 4.78 is 44.4. The van der Waals surface area contributed by atoms with Gasteiger partial charge < -0.3 is 14.9 Å². The number of carbonyl (C=O) groups is 2. The Hall–Kier alpha value is -3.73. The van der Waals surface area contributed by atoms with Crippen molar-refractivity contribution < 1.29 is 37.7 Å². The Bertz CT molecular complexity index is 1220. The first-order chi connectivity index (χ1) is 18.0. The molecule has 0 spiro atoms. The van der Waals surface area contributed by atoms with Crippen LogP contribution in [0.25, 0.3) is 0 Å². The van der Waals surface area contributed by atoms with Crippen molar-refractivity contribution >= 4 is 28.9 Å². The van der Waals surface area contributed by atoms with E-state index in [0.29, 0.717) is 16.7 Å². The SMILES string of the molecule is C=C(C)C(=O)CCC(O)COC(=O)CCc1cc(N/N=C2/C=C(C(F)(F)F)C=CC2=N)c(O)c(C(C)(C)C)c1. The average molecular weight is 550 g/mol. The van der Waals surface area contributed by atoms with Crippen LogP contribution in [-0.4, -0.2) is 52.3 Å². The van der Waals surface area contributed by atoms with Crippen LogP contribution in [0.1, 0.15) is 58.1 Å². The summed E-state index contributed by atoms with van der Waals surface area (Å²) >= 11 is 0. The van der Waals surface area contributed by atoms with Crippen LogP contribution >= 0.6 is 0 Å². The maximum Gasteiger partial charge on any atom is 0.416 e. The summed E-state index contributed by atoms with van der Waals surface area (Å²) in [6.07, 6.45) is -2.70. The minimum atomic E-state index is -4.61. The lowest BCUT2D eigenvalue weighted by molar-refractivity contribution is -0.146. The number of hydrazone groups is 1. The normalized spacial score (nSPS) is 15.6. The molecular formula is C28H34F3N3O5. The molecule has 1 aromatic carbocycles. The maximum atomic E-state index is 13.1. The Kier molecular flexibility index (Phi) is 10.4. The number of nitrogens with zero attached hydrogens (tertiary/aromatic N) is 1. The highest BCUT2D eigenvalue weighted by Gasteiger charge is 2.33. The molecule has 1 aliphatic carbocycles. The predicted octanol–water partition coefficient (Wildman–Crippen LogP) is 5.30. The summed E-state index contributed by atoms with van der Waals surface area (Å²) in [5.74, 6) is -0.915. The molecule has 1 unspecified atom stereocenters. The third-order valence-corrected chi connectivity index (χ3v) is 5.83. The Morgan fingerprint density at radius 1 is 1.18 bits per heavy atom. The summed E-state index contributed by atoms with van der Waals surface area (Å²) in [7, 11) is 0. The minimum absolute atomic E-state index is 0.0488. The number of alkyl halides is 3. The third-order valence-electron chi connectivity index (χ3n) is 5.83. The van der Waals surface area contributed by atoms with Gasteiger partial charge in [0, 0.05) is 18.4 Å². The zero-order valence-electron chi connectivity index (χ0n) is 22.4. The van der Waals surface area contributed by atoms with Crippen LogP contribution < -0.4 is 5.43 Å². The number of aliphatic hydroxyl groups is 1. The first-order valence-electron chi connectivity index (χ1n) is 12.3. The number of nitrogens with one attached hydrogen (secondary N) is 2. The van der Waals surface area contributed by atoms with Crippen LogP contribution in [0.3, 0.4) is 0 Å². The second kappa shape index (κ2) is 12.9. The van der Waals surface area contributed by atoms with Gasteiger partial charge in [-0.15, -0.1) is 0 Å². The van der Waals surface area contributed by atoms with Gasteiger partial charge in [0.15, 0.2) is 5.78 Å². The number of allylic oxidation sites excluding steroid dienone is 5. The fraction of sp³-hybridized carbons (Fsp3) is 0.429. The molecular weight excluding hydrogens is 515 g/mol. The summed E-state index contributed by atoms with van der Waals surface area (Å²) in [5, 5.41) is 32.6. The molecule has 212 valence electrons. The highest BCUT2D eigenvalue weighted by molar-refractivity contribution is 6.50. The highest BCUT2D eigenvalue weighted by Crippen LogP contribution is 2.38. The van der Waals surface area contributed by atoms with Crippen LogP contribution in [0, 0.1) is 5.41 Å². The molecule has 0 heterocycles. The summed E-state index contributed by atoms with van der Waals surface area (Å²) in [6.45, 7) is 10.4. The monoisotopic (exact) mass is 549 g/mol. The van der Waals surface area contributed by atoms with Crippen molar-refractivity contribution in [3.05, 3.63) is 59.2 Å². The number of halogens is 3. The molecule has 0 saturated heterocycles. The number of rotatable bonds is 11. The Morgan fingerprint density at radius 3 is 2.44 bits per heavy atom. The average Bonchev–Trinajstić information content (AvgIpc) is 2.83. The van der Waals surface area contributed by atoms with Crippen molar-refractivity contribution in [2.24, 2.45) is 5.10 Å². The molecule has 0 radical (unpaired) electrons. The Morgan fingerprint density at radius 2 is 1.85 bits per heavy atom. The zero-order valence-corrected chi connectivity index (χ0v) is 22.4. The first-order valence-corrected chi connectivity index (χ1v) is 12.3. The van der Waals surface area contributed by atoms with Gasteiger partial charge in [0.2, 0.25) is 0 Å². The second-order valence-corrected chi connectivity index (χ2v) is 10.3. The van der Waals surface area contributed by atoms with Crippen LogP contribution in [0.15, 0.2) is 53.2 Å². The van der Waals surface area contributed by atoms with E-state index in [-0.39, 0.29) is 60.9 Å². The molecule has 1 atom stereocenters. The summed E-state index contributed by atoms with van der Waals surface area (Å²) in [5.41, 5.74) is 2.19. The second-order valence-electron chi connectivity index (χ2n) is 10.3. The van der Waals surface area contributed by atoms with Gasteiger partial charge in [-0.25, -0.2) is 0 Å². The lowest BCUT2D eigenvalue weighted by Crippen LogP contribution is -2.20. The van der Waals surface area contributed by atoms with Crippen molar-refractivity contribution in [3.8, 4) is 5.75 Å². The molecule has 11 heteroatoms. The molecule has 8 nitrogen and oxygen atoms in total. The van der Waals surface area contributed by atoms with E-state index in [1.165, 1.54) is 6.07 Å². The number of esters is 1. The molecule has 0 fully saturated rings. The van der Waals surface area contributed by atoms with E-state index in [2.05, 4.69) is 17.1 Å². The van der Waals surface area contributed by atoms with Crippen LogP contribution in [-0.2, 0) is 26.2 Å². The fourth-order valence-electron chi connectivity index (χ4n) is 3.52. The molecule has 0 bridgehead atoms. The van der Waals surface area contributed by atoms with E-state index in [9.17, 15) is 33.0 Å². The van der Waals surface area contributed by atoms with Crippen LogP contribution in [0.4, 0.5) is 18.9 Å². The number of phenols is 1. The van der Waals surface area contributed by atoms with E-state index in [1.54, 1.807) is 13.0 Å². The number of anilines is 1. The van der Waals surface area contributed by atoms with Gasteiger partial charge in [0.1, 0.15) is 18.1 Å². The molecule has 39 heavy (non-hydrogen) atoms. The van der Waals surface area contributed by atoms with Crippen molar-refractivity contribution in [3.63, 3.8) is 0 Å². The van der Waals surface area contributed by atoms with Crippen LogP contribution in [0.5, 0.6) is 5.75 Å². The molecule has 1 aromatic rings. The molecule has 2 rings (SSSR count). The van der Waals surface area contributed by atoms with E-state index in [4.69, 9.17) is 10.1 Å². The lowest BCUT2D eigenvalue weighted by Gasteiger charge is -2.23. The van der Waals surface area contributed by atoms with Crippen LogP contribution in [0.2, 0.25) is 0 Å². The summed E-state index contributed by atoms with van der Waals surface area (Å²) in [4.78, 5) is 23.8. The van der Waals surface area contributed by atoms with Gasteiger partial charge in [0.25, 0.3) is 0 Å². The van der Waals surface area contributed by atoms with E-state index in [0.717, 1.165) is 18.2 Å². The predicted molar refractivity (Wildman–Crippen MR) is 143 cm³/mol. The third kappa shape index (κ3) is 9.51. The van der Waals surface area contributed by atoms with Gasteiger partial charge in [-0.05, 0) is 60.6 Å². The fourth-order valence-corrected chi connectivity index (χ4v) is 3.52. The van der Waals surface area contributed by atoms with E-state index < -0.39 is 29.2 Å². The van der Waals surface area contributed by atoms with E-state index in [1.807, 2.05) is 20.8 Å². The number of aryl methyl sites for hydroxylation is 1. The first kappa shape index (κ1) is 31.5. The molecule has 0 aliphatic heterocycles. The maximum absolute atomic E-state index is 13.1. The largest absolute Gasteiger partial charge is 0.505 e. The summed E-state index contributed by atoms with van der Waals surface area (Å²) in [6, 6.07) is 3.22. The number of ether oxygens (including phenoxy) is 1. The molecule has 0 saturated carbocycles. The number of aromatic hydroxyl groups is 1. The van der Waals surface area contributed by atoms with Gasteiger partial charge >= 0.3 is 12.1 Å². The van der Waals surface area contributed by atoms with Gasteiger partial charge in [-0.2, -0.15) is 18.3 Å². The molecule has 0 aromatic heterocycles. The number of ketones is 1. The number of hydrogen-bond acceptors (Lipinski definition) is 8. The van der Waals surface area contributed by atoms with Gasteiger partial charge in [-0.3, -0.25) is 20.4 Å². The smallest absolute Gasteiger partial charge is 0.416 e. The van der Waals surface area contributed by atoms with Gasteiger partial charge in [-0.1, -0.05) is 33.4 Å². The Labute approximate surface area is 225 Å². The molecule has 0 amide bonds. The van der Waals surface area contributed by atoms with Crippen molar-refractivity contribution in [1.82, 2.24) is 0 Å². The minimum Gasteiger partial charge on any atom is -0.505 e. The number of Topliss-reactive ketones (excluding diaryl/α,β-unsaturated/α-hetero) is 1. The quantitative estimate of drug-likeness (QED) is 0.0974. The van der Waals surface area contributed by atoms with Crippen molar-refractivity contribution in [2.75, 3.05) is 12.0 Å². The number of benzene rings is 1. The number of carbonyl (C=O) groups excluding carboxylic acids is 2. The molecule has 4 N–H and O–H groups in total. The van der Waals surface area contributed by atoms with Gasteiger partial charge in [0.05, 0.1) is 23.1 Å². The van der Waals surface area contributed by atoms with E-state index >= 15 is 0 Å². The topological polar surface area (TPSA) is 132 Å². The number of aliphatic hydroxyl groups excluding tert-OH is 1. The Balaban J connectivity index is 2.14. The standard InChI is InChI=1S/C28H34F3N3O5/c1-16(2)24(36)10-8-19(35)15-39-25(37)11-6-17-12-20(27(3,4)5)26(38)23(13-17)34-33-22-14-18(28(29,30)31)7-9-21(22)32/h7,9,12-14,19,32,34-35,38H,1,6,8,10-11,15H2,2-5H3/b32-21?,33-22-. The van der Waals surface area contributed by atoms with Crippen molar-refractivity contribution in [2.45, 2.75) is 71.1 Å².